The molecule has 0 bridgehead atoms. The van der Waals surface area contributed by atoms with Gasteiger partial charge in [0.05, 0.1) is 21.6 Å². The molecule has 0 saturated heterocycles. The molecule has 0 radical (unpaired) electrons. The molecule has 0 heterocycles. The van der Waals surface area contributed by atoms with Crippen LogP contribution in [-0.4, -0.2) is 16.1 Å². The molecule has 14 heavy (non-hydrogen) atoms. The van der Waals surface area contributed by atoms with Crippen LogP contribution in [0, 0.1) is 0 Å². The summed E-state index contributed by atoms with van der Waals surface area (Å²) in [6.07, 6.45) is 0. The topological polar surface area (TPSA) is 0 Å². The van der Waals surface area contributed by atoms with Crippen LogP contribution in [0.1, 0.15) is 5.48 Å². The first kappa shape index (κ1) is 7.01. The lowest BCUT2D eigenvalue weighted by Gasteiger charge is -2.20. The monoisotopic (exact) mass is 226 g/mol. The summed E-state index contributed by atoms with van der Waals surface area (Å²) in [5.74, 6) is 0. The lowest BCUT2D eigenvalue weighted by Crippen LogP contribution is -2.42. The summed E-state index contributed by atoms with van der Waals surface area (Å²) in [6, 6.07) is 0.750. The van der Waals surface area contributed by atoms with Gasteiger partial charge in [0.15, 0.2) is 0 Å². The molecule has 0 aromatic heterocycles. The van der Waals surface area contributed by atoms with E-state index in [1.807, 2.05) is 0 Å². The van der Waals surface area contributed by atoms with Gasteiger partial charge >= 0.3 is 0 Å². The lowest BCUT2D eigenvalue weighted by atomic mass is 10.4. The highest BCUT2D eigenvalue weighted by molar-refractivity contribution is 6.90. The van der Waals surface area contributed by atoms with Crippen molar-refractivity contribution in [2.75, 3.05) is 0 Å². The maximum Gasteiger partial charge on any atom is 0.0775 e. The second-order valence-corrected chi connectivity index (χ2v) is 15.8. The van der Waals surface area contributed by atoms with Gasteiger partial charge in [-0.3, -0.25) is 0 Å². The Morgan fingerprint density at radius 3 is 1.07 bits per heavy atom. The molecule has 0 amide bonds. The molecular weight excluding hydrogens is 200 g/mol. The van der Waals surface area contributed by atoms with Gasteiger partial charge in [0, 0.05) is 0 Å². The van der Waals surface area contributed by atoms with E-state index in [9.17, 15) is 0 Å². The van der Waals surface area contributed by atoms with E-state index in [1.165, 1.54) is 0 Å². The Labute approximate surface area is 96.0 Å². The van der Waals surface area contributed by atoms with E-state index < -0.39 is 16.1 Å². The third-order valence-corrected chi connectivity index (χ3v) is 5.62. The second-order valence-electron chi connectivity index (χ2n) is 5.75. The minimum Gasteiger partial charge on any atom is -0.0656 e. The lowest BCUT2D eigenvalue weighted by molar-refractivity contribution is 1.66. The molecule has 0 fully saturated rings. The number of hydrogen-bond donors (Lipinski definition) is 0. The first-order valence-electron chi connectivity index (χ1n) is 7.00. The Kier molecular flexibility index (Phi) is 1.84. The summed E-state index contributed by atoms with van der Waals surface area (Å²) in [5.41, 5.74) is 0. The molecule has 1 aromatic carbocycles. The summed E-state index contributed by atoms with van der Waals surface area (Å²) in [7, 11) is -3.73. The molecule has 0 nitrogen and oxygen atoms in total. The zero-order chi connectivity index (χ0) is 14.5. The molecule has 0 spiro atoms. The molecule has 0 aliphatic heterocycles. The van der Waals surface area contributed by atoms with Crippen molar-refractivity contribution < 1.29 is 5.48 Å². The Hall–Kier alpha value is -0.346. The Morgan fingerprint density at radius 1 is 0.714 bits per heavy atom. The van der Waals surface area contributed by atoms with Gasteiger partial charge < -0.3 is 0 Å². The van der Waals surface area contributed by atoms with Crippen molar-refractivity contribution in [2.45, 2.75) is 39.3 Å². The summed E-state index contributed by atoms with van der Waals surface area (Å²) >= 11 is 0. The van der Waals surface area contributed by atoms with Crippen molar-refractivity contribution in [3.63, 3.8) is 0 Å². The SMILES string of the molecule is [2H]c1c([2H])c([Si](C)(C)C)c([2H])c([2H])c1[Si](C)(C)C. The van der Waals surface area contributed by atoms with Crippen LogP contribution in [0.5, 0.6) is 0 Å². The molecule has 0 N–H and O–H groups in total. The third kappa shape index (κ3) is 2.82. The van der Waals surface area contributed by atoms with Crippen molar-refractivity contribution in [1.82, 2.24) is 0 Å². The number of hydrogen-bond acceptors (Lipinski definition) is 0. The van der Waals surface area contributed by atoms with Crippen LogP contribution in [0.15, 0.2) is 24.2 Å². The average Bonchev–Trinajstić information content (AvgIpc) is 2.10. The average molecular weight is 227 g/mol. The smallest absolute Gasteiger partial charge is 0.0656 e. The van der Waals surface area contributed by atoms with E-state index in [2.05, 4.69) is 39.3 Å². The number of rotatable bonds is 2. The normalized spacial score (nSPS) is 17.0. The molecule has 0 saturated carbocycles. The van der Waals surface area contributed by atoms with Gasteiger partial charge in [-0.05, 0) is 0 Å². The maximum atomic E-state index is 8.18. The van der Waals surface area contributed by atoms with Crippen LogP contribution < -0.4 is 10.4 Å². The van der Waals surface area contributed by atoms with E-state index in [-0.39, 0.29) is 24.2 Å². The van der Waals surface area contributed by atoms with Crippen molar-refractivity contribution >= 4 is 26.5 Å². The highest BCUT2D eigenvalue weighted by atomic mass is 28.3. The van der Waals surface area contributed by atoms with Crippen LogP contribution >= 0.6 is 0 Å². The van der Waals surface area contributed by atoms with Gasteiger partial charge in [0.25, 0.3) is 0 Å². The molecule has 1 aromatic rings. The van der Waals surface area contributed by atoms with Crippen LogP contribution in [0.3, 0.4) is 0 Å². The molecule has 0 unspecified atom stereocenters. The molecule has 0 aliphatic rings. The van der Waals surface area contributed by atoms with E-state index in [0.717, 1.165) is 0 Å². The number of benzene rings is 1. The fraction of sp³-hybridized carbons (Fsp3) is 0.500. The van der Waals surface area contributed by atoms with Gasteiger partial charge in [0.1, 0.15) is 0 Å². The minimum atomic E-state index is -1.87. The largest absolute Gasteiger partial charge is 0.0775 e. The van der Waals surface area contributed by atoms with E-state index in [4.69, 9.17) is 5.48 Å². The summed E-state index contributed by atoms with van der Waals surface area (Å²) in [5, 5.41) is 1.30. The van der Waals surface area contributed by atoms with Gasteiger partial charge in [-0.25, -0.2) is 0 Å². The van der Waals surface area contributed by atoms with Gasteiger partial charge in [-0.2, -0.15) is 0 Å². The van der Waals surface area contributed by atoms with E-state index in [1.54, 1.807) is 0 Å². The van der Waals surface area contributed by atoms with Crippen LogP contribution in [0.25, 0.3) is 0 Å². The predicted octanol–water partition coefficient (Wildman–Crippen LogP) is 2.78. The molecule has 2 heteroatoms. The Bertz CT molecular complexity index is 410. The standard InChI is InChI=1S/C12H22Si2/c1-13(2,3)11-7-9-12(10-8-11)14(4,5)6/h7-10H,1-6H3/i7D,8D,9D,10D. The van der Waals surface area contributed by atoms with Gasteiger partial charge in [-0.1, -0.05) is 73.8 Å². The van der Waals surface area contributed by atoms with E-state index >= 15 is 0 Å². The summed E-state index contributed by atoms with van der Waals surface area (Å²) < 4.78 is 32.7. The van der Waals surface area contributed by atoms with Crippen LogP contribution in [-0.2, 0) is 0 Å². The molecule has 1 rings (SSSR count). The Balaban J connectivity index is 3.79. The predicted molar refractivity (Wildman–Crippen MR) is 72.4 cm³/mol. The highest BCUT2D eigenvalue weighted by Gasteiger charge is 2.19. The summed E-state index contributed by atoms with van der Waals surface area (Å²) in [6.45, 7) is 12.4. The quantitative estimate of drug-likeness (QED) is 0.680. The zero-order valence-electron chi connectivity index (χ0n) is 14.0. The minimum absolute atomic E-state index is 0.188. The van der Waals surface area contributed by atoms with Gasteiger partial charge in [-0.15, -0.1) is 0 Å². The van der Waals surface area contributed by atoms with Crippen molar-refractivity contribution in [3.05, 3.63) is 24.2 Å². The zero-order valence-corrected chi connectivity index (χ0v) is 12.0. The fourth-order valence-corrected chi connectivity index (χ4v) is 2.81. The van der Waals surface area contributed by atoms with Crippen molar-refractivity contribution in [3.8, 4) is 0 Å². The highest BCUT2D eigenvalue weighted by Crippen LogP contribution is 2.04. The first-order chi connectivity index (χ1) is 7.89. The second kappa shape index (κ2) is 3.67. The van der Waals surface area contributed by atoms with Gasteiger partial charge in [0.2, 0.25) is 0 Å². The molecule has 0 atom stereocenters. The first-order valence-corrected chi connectivity index (χ1v) is 12.0. The molecule has 0 aliphatic carbocycles. The van der Waals surface area contributed by atoms with E-state index in [0.29, 0.717) is 10.4 Å². The maximum absolute atomic E-state index is 8.18. The van der Waals surface area contributed by atoms with Crippen molar-refractivity contribution in [2.24, 2.45) is 0 Å². The third-order valence-electron chi connectivity index (χ3n) is 2.12. The Morgan fingerprint density at radius 2 is 0.929 bits per heavy atom. The fourth-order valence-electron chi connectivity index (χ4n) is 1.06. The van der Waals surface area contributed by atoms with Crippen molar-refractivity contribution in [1.29, 1.82) is 0 Å². The molecular formula is C12H22Si2. The van der Waals surface area contributed by atoms with Crippen LogP contribution in [0.2, 0.25) is 39.3 Å². The van der Waals surface area contributed by atoms with Crippen LogP contribution in [0.4, 0.5) is 0 Å². The molecule has 78 valence electrons. The summed E-state index contributed by atoms with van der Waals surface area (Å²) in [4.78, 5) is 0.